The van der Waals surface area contributed by atoms with Crippen LogP contribution in [0.15, 0.2) is 0 Å². The van der Waals surface area contributed by atoms with Crippen LogP contribution in [0.4, 0.5) is 39.5 Å². The van der Waals surface area contributed by atoms with Gasteiger partial charge in [-0.25, -0.2) is 22.0 Å². The molecule has 1 atom stereocenters. The van der Waals surface area contributed by atoms with Crippen LogP contribution in [0.25, 0.3) is 0 Å². The number of halogens is 10. The number of alkyl halides is 6. The molecule has 10 heteroatoms. The van der Waals surface area contributed by atoms with Gasteiger partial charge in [0.15, 0.2) is 23.3 Å². The van der Waals surface area contributed by atoms with Gasteiger partial charge in [0.1, 0.15) is 0 Å². The molecule has 0 saturated carbocycles. The topological polar surface area (TPSA) is 0 Å². The minimum atomic E-state index is -5.79. The average Bonchev–Trinajstić information content (AvgIpc) is 2.39. The number of hydrogen-bond donors (Lipinski definition) is 0. The van der Waals surface area contributed by atoms with Crippen molar-refractivity contribution in [3.8, 4) is 0 Å². The summed E-state index contributed by atoms with van der Waals surface area (Å²) in [5, 5.41) is -4.91. The first-order chi connectivity index (χ1) is 8.39. The summed E-state index contributed by atoms with van der Waals surface area (Å²) in [4.78, 5) is 0. The predicted molar refractivity (Wildman–Crippen MR) is 43.8 cm³/mol. The zero-order valence-corrected chi connectivity index (χ0v) is 9.04. The first-order valence-electron chi connectivity index (χ1n) is 4.39. The van der Waals surface area contributed by atoms with Crippen LogP contribution in [0.5, 0.6) is 0 Å². The van der Waals surface area contributed by atoms with E-state index in [1.54, 1.807) is 0 Å². The highest BCUT2D eigenvalue weighted by molar-refractivity contribution is 6.24. The summed E-state index contributed by atoms with van der Waals surface area (Å²) in [6, 6.07) is 0. The Labute approximate surface area is 103 Å². The summed E-state index contributed by atoms with van der Waals surface area (Å²) in [5.41, 5.74) is -5.08. The molecule has 0 amide bonds. The molecule has 0 aliphatic heterocycles. The number of fused-ring (bicyclic) bond motifs is 1. The molecule has 106 valence electrons. The molecular weight excluding hydrogens is 315 g/mol. The second kappa shape index (κ2) is 3.50. The van der Waals surface area contributed by atoms with Crippen molar-refractivity contribution in [2.45, 2.75) is 17.0 Å². The normalized spacial score (nSPS) is 27.5. The molecule has 0 aromatic heterocycles. The Morgan fingerprint density at radius 1 is 0.632 bits per heavy atom. The van der Waals surface area contributed by atoms with Crippen LogP contribution in [-0.2, 0) is 11.1 Å². The van der Waals surface area contributed by atoms with E-state index in [4.69, 9.17) is 0 Å². The fourth-order valence-corrected chi connectivity index (χ4v) is 2.03. The standard InChI is InChI=1S/C9ClF9/c10-7(15)1-2(8(16,17)9(7,18)19)4(12)6(14)5(13)3(1)11. The van der Waals surface area contributed by atoms with Gasteiger partial charge in [0.25, 0.3) is 5.13 Å². The zero-order valence-electron chi connectivity index (χ0n) is 8.28. The van der Waals surface area contributed by atoms with Gasteiger partial charge in [-0.1, -0.05) is 11.6 Å². The molecule has 0 bridgehead atoms. The predicted octanol–water partition coefficient (Wildman–Crippen LogP) is 4.34. The SMILES string of the molecule is Fc1c(F)c(F)c2c(c1F)C(F)(F)C(F)(F)C2(F)Cl. The van der Waals surface area contributed by atoms with Gasteiger partial charge in [0.05, 0.1) is 11.1 Å². The van der Waals surface area contributed by atoms with Crippen molar-refractivity contribution in [2.24, 2.45) is 0 Å². The quantitative estimate of drug-likeness (QED) is 0.289. The highest BCUT2D eigenvalue weighted by atomic mass is 35.5. The van der Waals surface area contributed by atoms with Crippen molar-refractivity contribution >= 4 is 11.6 Å². The van der Waals surface area contributed by atoms with Crippen LogP contribution >= 0.6 is 11.6 Å². The fourth-order valence-electron chi connectivity index (χ4n) is 1.73. The largest absolute Gasteiger partial charge is 0.365 e. The van der Waals surface area contributed by atoms with E-state index in [1.165, 1.54) is 0 Å². The molecular formula is C9ClF9. The molecule has 0 fully saturated rings. The zero-order chi connectivity index (χ0) is 15.0. The van der Waals surface area contributed by atoms with Gasteiger partial charge in [0, 0.05) is 0 Å². The van der Waals surface area contributed by atoms with Crippen LogP contribution in [-0.4, -0.2) is 5.92 Å². The second-order valence-electron chi connectivity index (χ2n) is 3.73. The van der Waals surface area contributed by atoms with E-state index in [9.17, 15) is 39.5 Å². The van der Waals surface area contributed by atoms with Crippen molar-refractivity contribution in [2.75, 3.05) is 0 Å². The van der Waals surface area contributed by atoms with Gasteiger partial charge in [-0.05, 0) is 0 Å². The Morgan fingerprint density at radius 3 is 1.42 bits per heavy atom. The Hall–Kier alpha value is -1.12. The summed E-state index contributed by atoms with van der Waals surface area (Å²) in [5.74, 6) is -22.5. The molecule has 1 aromatic rings. The lowest BCUT2D eigenvalue weighted by molar-refractivity contribution is -0.245. The first-order valence-corrected chi connectivity index (χ1v) is 4.77. The van der Waals surface area contributed by atoms with E-state index >= 15 is 0 Å². The average molecular weight is 315 g/mol. The summed E-state index contributed by atoms with van der Waals surface area (Å²) < 4.78 is 118. The van der Waals surface area contributed by atoms with Crippen molar-refractivity contribution in [3.05, 3.63) is 34.4 Å². The molecule has 0 radical (unpaired) electrons. The Bertz CT molecular complexity index is 529. The van der Waals surface area contributed by atoms with Crippen LogP contribution in [0.3, 0.4) is 0 Å². The van der Waals surface area contributed by atoms with Crippen LogP contribution in [0.1, 0.15) is 11.1 Å². The minimum absolute atomic E-state index is 2.44. The molecule has 0 nitrogen and oxygen atoms in total. The number of rotatable bonds is 0. The Balaban J connectivity index is 3.02. The van der Waals surface area contributed by atoms with Gasteiger partial charge < -0.3 is 0 Å². The Kier molecular flexibility index (Phi) is 2.63. The molecule has 19 heavy (non-hydrogen) atoms. The molecule has 0 N–H and O–H groups in total. The lowest BCUT2D eigenvalue weighted by Gasteiger charge is -2.24. The maximum absolute atomic E-state index is 13.5. The maximum atomic E-state index is 13.5. The summed E-state index contributed by atoms with van der Waals surface area (Å²) >= 11 is 4.48. The summed E-state index contributed by atoms with van der Waals surface area (Å²) in [7, 11) is 0. The van der Waals surface area contributed by atoms with E-state index in [0.717, 1.165) is 0 Å². The van der Waals surface area contributed by atoms with E-state index in [0.29, 0.717) is 0 Å². The lowest BCUT2D eigenvalue weighted by atomic mass is 10.1. The monoisotopic (exact) mass is 314 g/mol. The van der Waals surface area contributed by atoms with E-state index in [2.05, 4.69) is 11.6 Å². The second-order valence-corrected chi connectivity index (χ2v) is 4.25. The highest BCUT2D eigenvalue weighted by Crippen LogP contribution is 2.65. The molecule has 1 aliphatic rings. The van der Waals surface area contributed by atoms with E-state index < -0.39 is 51.4 Å². The van der Waals surface area contributed by atoms with Gasteiger partial charge in [-0.2, -0.15) is 17.6 Å². The molecule has 0 saturated heterocycles. The molecule has 1 unspecified atom stereocenters. The summed E-state index contributed by atoms with van der Waals surface area (Å²) in [6.45, 7) is 0. The third kappa shape index (κ3) is 1.34. The number of benzene rings is 1. The fraction of sp³-hybridized carbons (Fsp3) is 0.333. The Morgan fingerprint density at radius 2 is 1.00 bits per heavy atom. The van der Waals surface area contributed by atoms with Crippen molar-refractivity contribution < 1.29 is 39.5 Å². The number of hydrogen-bond acceptors (Lipinski definition) is 0. The third-order valence-electron chi connectivity index (χ3n) is 2.68. The lowest BCUT2D eigenvalue weighted by Crippen LogP contribution is -2.43. The smallest absolute Gasteiger partial charge is 0.214 e. The van der Waals surface area contributed by atoms with Crippen LogP contribution in [0, 0.1) is 23.3 Å². The molecule has 0 spiro atoms. The van der Waals surface area contributed by atoms with Gasteiger partial charge in [0.2, 0.25) is 0 Å². The molecule has 2 rings (SSSR count). The van der Waals surface area contributed by atoms with Gasteiger partial charge in [-0.3, -0.25) is 0 Å². The van der Waals surface area contributed by atoms with Crippen molar-refractivity contribution in [1.29, 1.82) is 0 Å². The third-order valence-corrected chi connectivity index (χ3v) is 3.11. The minimum Gasteiger partial charge on any atom is -0.214 e. The van der Waals surface area contributed by atoms with Crippen LogP contribution in [0.2, 0.25) is 0 Å². The van der Waals surface area contributed by atoms with Gasteiger partial charge >= 0.3 is 11.8 Å². The highest BCUT2D eigenvalue weighted by Gasteiger charge is 2.79. The summed E-state index contributed by atoms with van der Waals surface area (Å²) in [6.07, 6.45) is 0. The molecule has 1 aromatic carbocycles. The first kappa shape index (κ1) is 14.3. The van der Waals surface area contributed by atoms with Gasteiger partial charge in [-0.15, -0.1) is 0 Å². The van der Waals surface area contributed by atoms with Crippen molar-refractivity contribution in [3.63, 3.8) is 0 Å². The van der Waals surface area contributed by atoms with Crippen LogP contribution < -0.4 is 0 Å². The molecule has 0 heterocycles. The maximum Gasteiger partial charge on any atom is 0.365 e. The van der Waals surface area contributed by atoms with E-state index in [1.807, 2.05) is 0 Å². The molecule has 1 aliphatic carbocycles. The van der Waals surface area contributed by atoms with E-state index in [-0.39, 0.29) is 0 Å². The van der Waals surface area contributed by atoms with Crippen molar-refractivity contribution in [1.82, 2.24) is 0 Å².